The van der Waals surface area contributed by atoms with Crippen molar-refractivity contribution >= 4 is 29.4 Å². The van der Waals surface area contributed by atoms with Gasteiger partial charge in [-0.05, 0) is 62.8 Å². The van der Waals surface area contributed by atoms with Gasteiger partial charge in [0.25, 0.3) is 0 Å². The summed E-state index contributed by atoms with van der Waals surface area (Å²) >= 11 is 0. The van der Waals surface area contributed by atoms with Gasteiger partial charge >= 0.3 is 6.03 Å². The lowest BCUT2D eigenvalue weighted by Gasteiger charge is -2.46. The van der Waals surface area contributed by atoms with Crippen molar-refractivity contribution in [2.24, 2.45) is 5.92 Å². The number of benzene rings is 1. The predicted octanol–water partition coefficient (Wildman–Crippen LogP) is 4.21. The van der Waals surface area contributed by atoms with Crippen LogP contribution in [0, 0.1) is 11.7 Å². The summed E-state index contributed by atoms with van der Waals surface area (Å²) in [6, 6.07) is 5.00. The molecule has 3 aliphatic rings. The third-order valence-corrected chi connectivity index (χ3v) is 7.64. The van der Waals surface area contributed by atoms with Gasteiger partial charge in [0.15, 0.2) is 0 Å². The molecule has 5 amide bonds. The number of urea groups is 1. The topological polar surface area (TPSA) is 98.8 Å². The van der Waals surface area contributed by atoms with E-state index in [1.54, 1.807) is 0 Å². The molecule has 4 rings (SSSR count). The largest absolute Gasteiger partial charge is 0.353 e. The molecule has 2 saturated carbocycles. The minimum absolute atomic E-state index is 0.0321. The van der Waals surface area contributed by atoms with Crippen LogP contribution < -0.4 is 10.6 Å². The summed E-state index contributed by atoms with van der Waals surface area (Å²) in [6.07, 6.45) is 10.4. The Hall–Kier alpha value is -2.97. The highest BCUT2D eigenvalue weighted by molar-refractivity contribution is 6.01. The van der Waals surface area contributed by atoms with Crippen molar-refractivity contribution < 1.29 is 23.6 Å². The van der Waals surface area contributed by atoms with Crippen LogP contribution in [0.2, 0.25) is 0 Å². The lowest BCUT2D eigenvalue weighted by Crippen LogP contribution is -2.63. The van der Waals surface area contributed by atoms with Gasteiger partial charge in [-0.1, -0.05) is 32.1 Å². The van der Waals surface area contributed by atoms with Gasteiger partial charge in [-0.25, -0.2) is 9.18 Å². The summed E-state index contributed by atoms with van der Waals surface area (Å²) in [5.74, 6) is -1.21. The number of carbonyl (C=O) groups excluding carboxylic acids is 4. The Morgan fingerprint density at radius 3 is 2.33 bits per heavy atom. The molecule has 8 nitrogen and oxygen atoms in total. The highest BCUT2D eigenvalue weighted by Gasteiger charge is 2.47. The number of hydrogen-bond acceptors (Lipinski definition) is 4. The van der Waals surface area contributed by atoms with Gasteiger partial charge < -0.3 is 15.5 Å². The average molecular weight is 501 g/mol. The number of nitrogens with one attached hydrogen (secondary N) is 2. The van der Waals surface area contributed by atoms with E-state index in [9.17, 15) is 23.6 Å². The second-order valence-corrected chi connectivity index (χ2v) is 10.3. The number of amides is 5. The van der Waals surface area contributed by atoms with E-state index in [1.165, 1.54) is 40.5 Å². The lowest BCUT2D eigenvalue weighted by molar-refractivity contribution is -0.141. The second-order valence-electron chi connectivity index (χ2n) is 10.3. The van der Waals surface area contributed by atoms with Crippen LogP contribution >= 0.6 is 0 Å². The number of imide groups is 1. The fraction of sp³-hybridized carbons (Fsp3) is 0.630. The molecule has 2 atom stereocenters. The highest BCUT2D eigenvalue weighted by Crippen LogP contribution is 2.34. The number of unbranched alkanes of at least 4 members (excludes halogenated alkanes) is 1. The normalized spacial score (nSPS) is 22.8. The number of fused-ring (bicyclic) bond motifs is 1. The van der Waals surface area contributed by atoms with Crippen LogP contribution in [0.4, 0.5) is 14.9 Å². The van der Waals surface area contributed by atoms with E-state index in [0.29, 0.717) is 37.8 Å². The minimum Gasteiger partial charge on any atom is -0.353 e. The fourth-order valence-electron chi connectivity index (χ4n) is 5.75. The van der Waals surface area contributed by atoms with Crippen LogP contribution in [0.25, 0.3) is 0 Å². The van der Waals surface area contributed by atoms with Crippen LogP contribution in [0.3, 0.4) is 0 Å². The maximum absolute atomic E-state index is 13.3. The van der Waals surface area contributed by atoms with Crippen molar-refractivity contribution in [3.8, 4) is 0 Å². The van der Waals surface area contributed by atoms with Crippen LogP contribution in [-0.2, 0) is 14.4 Å². The van der Waals surface area contributed by atoms with E-state index in [1.807, 2.05) is 0 Å². The fourth-order valence-corrected chi connectivity index (χ4v) is 5.75. The van der Waals surface area contributed by atoms with Gasteiger partial charge in [-0.3, -0.25) is 19.3 Å². The van der Waals surface area contributed by atoms with Crippen molar-refractivity contribution in [2.45, 2.75) is 89.1 Å². The average Bonchev–Trinajstić information content (AvgIpc) is 2.88. The number of carbonyl (C=O) groups is 4. The molecule has 2 N–H and O–H groups in total. The standard InChI is InChI=1S/C27H37FN4O4/c28-19-13-15-21(16-14-19)30-25(34)18-32-23-11-5-4-10-22(23)26(35)31(27(32)36)17-7-6-12-24(33)29-20-8-2-1-3-9-20/h13-16,20,22-23H,1-12,17-18H2,(H,29,33)(H,30,34). The number of nitrogens with zero attached hydrogens (tertiary/aromatic N) is 2. The lowest BCUT2D eigenvalue weighted by atomic mass is 9.81. The van der Waals surface area contributed by atoms with Crippen molar-refractivity contribution in [3.05, 3.63) is 30.1 Å². The third-order valence-electron chi connectivity index (χ3n) is 7.64. The Morgan fingerprint density at radius 1 is 0.889 bits per heavy atom. The van der Waals surface area contributed by atoms with E-state index in [-0.39, 0.29) is 48.8 Å². The number of anilines is 1. The molecule has 1 aliphatic heterocycles. The Balaban J connectivity index is 1.31. The highest BCUT2D eigenvalue weighted by atomic mass is 19.1. The summed E-state index contributed by atoms with van der Waals surface area (Å²) in [4.78, 5) is 54.3. The summed E-state index contributed by atoms with van der Waals surface area (Å²) in [5, 5.41) is 5.81. The molecule has 1 saturated heterocycles. The molecule has 1 aromatic carbocycles. The van der Waals surface area contributed by atoms with Gasteiger partial charge in [0.2, 0.25) is 17.7 Å². The molecule has 196 valence electrons. The van der Waals surface area contributed by atoms with E-state index in [4.69, 9.17) is 0 Å². The molecule has 0 spiro atoms. The number of hydrogen-bond donors (Lipinski definition) is 2. The first-order chi connectivity index (χ1) is 17.4. The van der Waals surface area contributed by atoms with E-state index >= 15 is 0 Å². The summed E-state index contributed by atoms with van der Waals surface area (Å²) in [6.45, 7) is 0.0820. The molecule has 0 aromatic heterocycles. The van der Waals surface area contributed by atoms with Crippen LogP contribution in [0.5, 0.6) is 0 Å². The maximum Gasteiger partial charge on any atom is 0.327 e. The summed E-state index contributed by atoms with van der Waals surface area (Å²) < 4.78 is 13.2. The van der Waals surface area contributed by atoms with E-state index < -0.39 is 11.8 Å². The summed E-state index contributed by atoms with van der Waals surface area (Å²) in [7, 11) is 0. The molecule has 1 aromatic rings. The maximum atomic E-state index is 13.3. The Morgan fingerprint density at radius 2 is 1.58 bits per heavy atom. The molecule has 2 aliphatic carbocycles. The van der Waals surface area contributed by atoms with Crippen molar-refractivity contribution in [2.75, 3.05) is 18.4 Å². The summed E-state index contributed by atoms with van der Waals surface area (Å²) in [5.41, 5.74) is 0.450. The van der Waals surface area contributed by atoms with Gasteiger partial charge in [0, 0.05) is 30.7 Å². The molecule has 1 heterocycles. The monoisotopic (exact) mass is 500 g/mol. The van der Waals surface area contributed by atoms with Crippen molar-refractivity contribution in [1.29, 1.82) is 0 Å². The van der Waals surface area contributed by atoms with Crippen LogP contribution in [-0.4, -0.2) is 58.7 Å². The van der Waals surface area contributed by atoms with Crippen LogP contribution in [0.1, 0.15) is 77.0 Å². The first-order valence-electron chi connectivity index (χ1n) is 13.4. The quantitative estimate of drug-likeness (QED) is 0.497. The third kappa shape index (κ3) is 6.62. The molecule has 2 unspecified atom stereocenters. The second kappa shape index (κ2) is 12.3. The van der Waals surface area contributed by atoms with E-state index in [0.717, 1.165) is 38.5 Å². The zero-order valence-electron chi connectivity index (χ0n) is 20.8. The number of halogens is 1. The molecule has 3 fully saturated rings. The molecule has 0 bridgehead atoms. The van der Waals surface area contributed by atoms with Gasteiger partial charge in [0.05, 0.1) is 5.92 Å². The Kier molecular flexibility index (Phi) is 8.93. The van der Waals surface area contributed by atoms with Gasteiger partial charge in [-0.15, -0.1) is 0 Å². The Labute approximate surface area is 212 Å². The van der Waals surface area contributed by atoms with Gasteiger partial charge in [-0.2, -0.15) is 0 Å². The molecule has 9 heteroatoms. The van der Waals surface area contributed by atoms with Crippen molar-refractivity contribution in [1.82, 2.24) is 15.1 Å². The minimum atomic E-state index is -0.441. The first kappa shape index (κ1) is 26.1. The molecular formula is C27H37FN4O4. The SMILES string of the molecule is O=C(CN1C(=O)N(CCCCC(=O)NC2CCCCC2)C(=O)C2CCCCC21)Nc1ccc(F)cc1. The van der Waals surface area contributed by atoms with Crippen LogP contribution in [0.15, 0.2) is 24.3 Å². The Bertz CT molecular complexity index is 948. The number of rotatable bonds is 9. The first-order valence-corrected chi connectivity index (χ1v) is 13.4. The van der Waals surface area contributed by atoms with Crippen molar-refractivity contribution in [3.63, 3.8) is 0 Å². The predicted molar refractivity (Wildman–Crippen MR) is 133 cm³/mol. The van der Waals surface area contributed by atoms with Gasteiger partial charge in [0.1, 0.15) is 12.4 Å². The molecule has 36 heavy (non-hydrogen) atoms. The molecule has 0 radical (unpaired) electrons. The zero-order valence-corrected chi connectivity index (χ0v) is 20.8. The molecular weight excluding hydrogens is 463 g/mol. The van der Waals surface area contributed by atoms with E-state index in [2.05, 4.69) is 10.6 Å². The smallest absolute Gasteiger partial charge is 0.327 e. The zero-order chi connectivity index (χ0) is 25.5.